The second-order valence-electron chi connectivity index (χ2n) is 4.87. The van der Waals surface area contributed by atoms with E-state index in [0.717, 1.165) is 31.6 Å². The minimum absolute atomic E-state index is 0.128. The van der Waals surface area contributed by atoms with Gasteiger partial charge < -0.3 is 5.11 Å². The fraction of sp³-hybridized carbons (Fsp3) is 0.833. The highest BCUT2D eigenvalue weighted by Gasteiger charge is 2.26. The molecule has 0 aliphatic heterocycles. The van der Waals surface area contributed by atoms with Crippen LogP contribution in [0.2, 0.25) is 0 Å². The van der Waals surface area contributed by atoms with Gasteiger partial charge >= 0.3 is 5.97 Å². The van der Waals surface area contributed by atoms with Crippen LogP contribution in [0.5, 0.6) is 0 Å². The van der Waals surface area contributed by atoms with Crippen LogP contribution in [0.15, 0.2) is 0 Å². The second-order valence-corrected chi connectivity index (χ2v) is 4.87. The summed E-state index contributed by atoms with van der Waals surface area (Å²) in [4.78, 5) is 22.4. The average molecular weight is 212 g/mol. The summed E-state index contributed by atoms with van der Waals surface area (Å²) in [6.45, 7) is 3.81. The molecule has 15 heavy (non-hydrogen) atoms. The number of hydrogen-bond acceptors (Lipinski definition) is 2. The summed E-state index contributed by atoms with van der Waals surface area (Å²) in [5.41, 5.74) is 0. The van der Waals surface area contributed by atoms with Crippen molar-refractivity contribution >= 4 is 11.8 Å². The van der Waals surface area contributed by atoms with E-state index in [1.807, 2.05) is 0 Å². The van der Waals surface area contributed by atoms with Crippen molar-refractivity contribution in [3.05, 3.63) is 0 Å². The van der Waals surface area contributed by atoms with Gasteiger partial charge in [0.05, 0.1) is 5.92 Å². The van der Waals surface area contributed by atoms with Gasteiger partial charge in [-0.25, -0.2) is 0 Å². The molecule has 1 aliphatic rings. The number of rotatable bonds is 4. The molecular formula is C12H20O3. The first-order chi connectivity index (χ1) is 7.00. The van der Waals surface area contributed by atoms with Crippen LogP contribution in [0, 0.1) is 17.8 Å². The van der Waals surface area contributed by atoms with Crippen molar-refractivity contribution < 1.29 is 14.7 Å². The van der Waals surface area contributed by atoms with Crippen molar-refractivity contribution in [1.29, 1.82) is 0 Å². The fourth-order valence-corrected chi connectivity index (χ4v) is 2.14. The molecule has 1 saturated carbocycles. The van der Waals surface area contributed by atoms with E-state index in [9.17, 15) is 9.59 Å². The summed E-state index contributed by atoms with van der Waals surface area (Å²) < 4.78 is 0. The van der Waals surface area contributed by atoms with Crippen molar-refractivity contribution in [2.24, 2.45) is 17.8 Å². The number of Topliss-reactive ketones (excluding diaryl/α,β-unsaturated/α-hetero) is 1. The molecule has 1 rings (SSSR count). The number of carbonyl (C=O) groups excluding carboxylic acids is 1. The lowest BCUT2D eigenvalue weighted by Gasteiger charge is -2.25. The molecule has 1 aliphatic carbocycles. The monoisotopic (exact) mass is 212 g/mol. The Labute approximate surface area is 90.9 Å². The Morgan fingerprint density at radius 2 is 1.80 bits per heavy atom. The van der Waals surface area contributed by atoms with Gasteiger partial charge in [0.2, 0.25) is 0 Å². The van der Waals surface area contributed by atoms with E-state index in [-0.39, 0.29) is 18.1 Å². The zero-order chi connectivity index (χ0) is 11.4. The van der Waals surface area contributed by atoms with Crippen molar-refractivity contribution in [3.8, 4) is 0 Å². The molecule has 3 nitrogen and oxygen atoms in total. The lowest BCUT2D eigenvalue weighted by molar-refractivity contribution is -0.143. The molecule has 0 amide bonds. The normalized spacial score (nSPS) is 28.4. The maximum atomic E-state index is 11.8. The van der Waals surface area contributed by atoms with Gasteiger partial charge in [-0.1, -0.05) is 26.7 Å². The predicted molar refractivity (Wildman–Crippen MR) is 57.5 cm³/mol. The van der Waals surface area contributed by atoms with Crippen LogP contribution in [-0.2, 0) is 9.59 Å². The average Bonchev–Trinajstić information content (AvgIpc) is 2.18. The molecule has 1 fully saturated rings. The van der Waals surface area contributed by atoms with Gasteiger partial charge in [-0.15, -0.1) is 0 Å². The number of carboxylic acids is 1. The summed E-state index contributed by atoms with van der Waals surface area (Å²) in [6.07, 6.45) is 4.32. The molecule has 0 radical (unpaired) electrons. The predicted octanol–water partition coefficient (Wildman–Crippen LogP) is 2.49. The van der Waals surface area contributed by atoms with E-state index in [4.69, 9.17) is 5.11 Å². The molecule has 3 heteroatoms. The van der Waals surface area contributed by atoms with E-state index >= 15 is 0 Å². The Kier molecular flexibility index (Phi) is 4.30. The number of carboxylic acid groups (broad SMARTS) is 1. The Bertz CT molecular complexity index is 239. The molecule has 0 aromatic heterocycles. The smallest absolute Gasteiger partial charge is 0.306 e. The third-order valence-corrected chi connectivity index (χ3v) is 3.40. The van der Waals surface area contributed by atoms with Gasteiger partial charge in [0.15, 0.2) is 0 Å². The molecular weight excluding hydrogens is 192 g/mol. The van der Waals surface area contributed by atoms with E-state index in [1.54, 1.807) is 6.92 Å². The van der Waals surface area contributed by atoms with E-state index in [0.29, 0.717) is 0 Å². The first-order valence-electron chi connectivity index (χ1n) is 5.76. The van der Waals surface area contributed by atoms with E-state index < -0.39 is 11.9 Å². The van der Waals surface area contributed by atoms with Crippen LogP contribution in [-0.4, -0.2) is 16.9 Å². The molecule has 0 spiro atoms. The minimum atomic E-state index is -0.868. The van der Waals surface area contributed by atoms with Crippen molar-refractivity contribution in [2.75, 3.05) is 0 Å². The van der Waals surface area contributed by atoms with Gasteiger partial charge in [-0.05, 0) is 18.8 Å². The maximum absolute atomic E-state index is 11.8. The summed E-state index contributed by atoms with van der Waals surface area (Å²) in [6, 6.07) is 0. The number of carbonyl (C=O) groups is 2. The summed E-state index contributed by atoms with van der Waals surface area (Å²) in [5.74, 6) is -0.393. The Balaban J connectivity index is 2.37. The van der Waals surface area contributed by atoms with Crippen molar-refractivity contribution in [2.45, 2.75) is 46.0 Å². The highest BCUT2D eigenvalue weighted by molar-refractivity contribution is 5.85. The molecule has 0 aromatic carbocycles. The molecule has 0 bridgehead atoms. The van der Waals surface area contributed by atoms with Crippen LogP contribution in [0.1, 0.15) is 46.0 Å². The molecule has 1 unspecified atom stereocenters. The Morgan fingerprint density at radius 3 is 2.27 bits per heavy atom. The van der Waals surface area contributed by atoms with Crippen LogP contribution in [0.25, 0.3) is 0 Å². The Hall–Kier alpha value is -0.860. The lowest BCUT2D eigenvalue weighted by atomic mass is 9.79. The van der Waals surface area contributed by atoms with Crippen LogP contribution >= 0.6 is 0 Å². The zero-order valence-corrected chi connectivity index (χ0v) is 9.53. The van der Waals surface area contributed by atoms with Gasteiger partial charge in [0.1, 0.15) is 5.78 Å². The lowest BCUT2D eigenvalue weighted by Crippen LogP contribution is -2.24. The molecule has 0 aromatic rings. The first-order valence-corrected chi connectivity index (χ1v) is 5.76. The van der Waals surface area contributed by atoms with Gasteiger partial charge in [0, 0.05) is 12.3 Å². The molecule has 0 saturated heterocycles. The van der Waals surface area contributed by atoms with Crippen LogP contribution in [0.3, 0.4) is 0 Å². The van der Waals surface area contributed by atoms with E-state index in [2.05, 4.69) is 6.92 Å². The van der Waals surface area contributed by atoms with Crippen molar-refractivity contribution in [1.82, 2.24) is 0 Å². The van der Waals surface area contributed by atoms with Crippen LogP contribution < -0.4 is 0 Å². The largest absolute Gasteiger partial charge is 0.481 e. The zero-order valence-electron chi connectivity index (χ0n) is 9.53. The SMILES string of the molecule is CC1CCC(C(=O)CC(C)C(=O)O)CC1. The summed E-state index contributed by atoms with van der Waals surface area (Å²) >= 11 is 0. The molecule has 0 heterocycles. The van der Waals surface area contributed by atoms with E-state index in [1.165, 1.54) is 0 Å². The van der Waals surface area contributed by atoms with Crippen LogP contribution in [0.4, 0.5) is 0 Å². The standard InChI is InChI=1S/C12H20O3/c1-8-3-5-10(6-4-8)11(13)7-9(2)12(14)15/h8-10H,3-7H2,1-2H3,(H,14,15). The third-order valence-electron chi connectivity index (χ3n) is 3.40. The second kappa shape index (κ2) is 5.29. The van der Waals surface area contributed by atoms with Crippen molar-refractivity contribution in [3.63, 3.8) is 0 Å². The number of aliphatic carboxylic acids is 1. The number of hydrogen-bond donors (Lipinski definition) is 1. The summed E-state index contributed by atoms with van der Waals surface area (Å²) in [7, 11) is 0. The Morgan fingerprint density at radius 1 is 1.27 bits per heavy atom. The van der Waals surface area contributed by atoms with Gasteiger partial charge in [0.25, 0.3) is 0 Å². The molecule has 1 N–H and O–H groups in total. The topological polar surface area (TPSA) is 54.4 Å². The molecule has 1 atom stereocenters. The summed E-state index contributed by atoms with van der Waals surface area (Å²) in [5, 5.41) is 8.72. The number of ketones is 1. The third kappa shape index (κ3) is 3.65. The quantitative estimate of drug-likeness (QED) is 0.779. The minimum Gasteiger partial charge on any atom is -0.481 e. The van der Waals surface area contributed by atoms with Gasteiger partial charge in [-0.3, -0.25) is 9.59 Å². The maximum Gasteiger partial charge on any atom is 0.306 e. The first kappa shape index (κ1) is 12.2. The fourth-order valence-electron chi connectivity index (χ4n) is 2.14. The molecule has 86 valence electrons. The highest BCUT2D eigenvalue weighted by Crippen LogP contribution is 2.30. The highest BCUT2D eigenvalue weighted by atomic mass is 16.4. The van der Waals surface area contributed by atoms with Gasteiger partial charge in [-0.2, -0.15) is 0 Å².